The van der Waals surface area contributed by atoms with Crippen LogP contribution in [-0.2, 0) is 16.1 Å². The molecule has 0 atom stereocenters. The maximum absolute atomic E-state index is 11.8. The second-order valence-corrected chi connectivity index (χ2v) is 3.70. The van der Waals surface area contributed by atoms with Gasteiger partial charge in [0.1, 0.15) is 0 Å². The van der Waals surface area contributed by atoms with Crippen LogP contribution in [0.2, 0.25) is 0 Å². The zero-order chi connectivity index (χ0) is 13.4. The molecule has 0 spiro atoms. The van der Waals surface area contributed by atoms with E-state index in [2.05, 4.69) is 10.3 Å². The molecule has 0 saturated carbocycles. The van der Waals surface area contributed by atoms with E-state index >= 15 is 0 Å². The van der Waals surface area contributed by atoms with E-state index in [9.17, 15) is 9.59 Å². The minimum Gasteiger partial charge on any atom is -0.466 e. The summed E-state index contributed by atoms with van der Waals surface area (Å²) in [5, 5.41) is 2.93. The highest BCUT2D eigenvalue weighted by Crippen LogP contribution is 1.97. The highest BCUT2D eigenvalue weighted by atomic mass is 16.5. The molecule has 6 nitrogen and oxygen atoms in total. The van der Waals surface area contributed by atoms with Crippen molar-refractivity contribution in [2.75, 3.05) is 18.5 Å². The van der Waals surface area contributed by atoms with Gasteiger partial charge >= 0.3 is 5.97 Å². The fourth-order valence-corrected chi connectivity index (χ4v) is 1.49. The highest BCUT2D eigenvalue weighted by molar-refractivity contribution is 5.69. The van der Waals surface area contributed by atoms with E-state index < -0.39 is 0 Å². The number of nitrogens with zero attached hydrogens (tertiary/aromatic N) is 2. The zero-order valence-electron chi connectivity index (χ0n) is 10.8. The van der Waals surface area contributed by atoms with Gasteiger partial charge < -0.3 is 14.6 Å². The van der Waals surface area contributed by atoms with Crippen molar-refractivity contribution >= 4 is 11.8 Å². The SMILES string of the molecule is CCOC(=O)CCCNc1nccn(CC)c1=O. The average Bonchev–Trinajstić information content (AvgIpc) is 2.36. The predicted molar refractivity (Wildman–Crippen MR) is 68.5 cm³/mol. The molecule has 0 aromatic carbocycles. The van der Waals surface area contributed by atoms with Crippen LogP contribution in [0.1, 0.15) is 26.7 Å². The standard InChI is InChI=1S/C12H19N3O3/c1-3-15-9-8-14-11(12(15)17)13-7-5-6-10(16)18-4-2/h8-9H,3-7H2,1-2H3,(H,13,14). The fraction of sp³-hybridized carbons (Fsp3) is 0.583. The van der Waals surface area contributed by atoms with Gasteiger partial charge in [-0.3, -0.25) is 9.59 Å². The minimum atomic E-state index is -0.216. The number of carbonyl (C=O) groups is 1. The molecule has 0 bridgehead atoms. The number of hydrogen-bond acceptors (Lipinski definition) is 5. The van der Waals surface area contributed by atoms with Crippen LogP contribution in [0.4, 0.5) is 5.82 Å². The highest BCUT2D eigenvalue weighted by Gasteiger charge is 2.04. The minimum absolute atomic E-state index is 0.142. The molecule has 0 aliphatic carbocycles. The lowest BCUT2D eigenvalue weighted by atomic mass is 10.3. The molecule has 6 heteroatoms. The molecule has 0 saturated heterocycles. The predicted octanol–water partition coefficient (Wildman–Crippen LogP) is 1.02. The molecule has 0 aliphatic heterocycles. The quantitative estimate of drug-likeness (QED) is 0.580. The van der Waals surface area contributed by atoms with Gasteiger partial charge in [0, 0.05) is 31.9 Å². The normalized spacial score (nSPS) is 10.1. The lowest BCUT2D eigenvalue weighted by Crippen LogP contribution is -2.24. The van der Waals surface area contributed by atoms with Gasteiger partial charge in [0.15, 0.2) is 5.82 Å². The Morgan fingerprint density at radius 1 is 1.50 bits per heavy atom. The first kappa shape index (κ1) is 14.2. The third-order valence-electron chi connectivity index (χ3n) is 2.41. The van der Waals surface area contributed by atoms with Gasteiger partial charge in [-0.2, -0.15) is 0 Å². The molecule has 0 radical (unpaired) electrons. The van der Waals surface area contributed by atoms with Gasteiger partial charge in [-0.1, -0.05) is 0 Å². The van der Waals surface area contributed by atoms with E-state index in [0.29, 0.717) is 38.4 Å². The summed E-state index contributed by atoms with van der Waals surface area (Å²) < 4.78 is 6.38. The Labute approximate surface area is 106 Å². The lowest BCUT2D eigenvalue weighted by Gasteiger charge is -2.07. The third-order valence-corrected chi connectivity index (χ3v) is 2.41. The van der Waals surface area contributed by atoms with E-state index in [1.807, 2.05) is 6.92 Å². The van der Waals surface area contributed by atoms with Gasteiger partial charge in [-0.25, -0.2) is 4.98 Å². The van der Waals surface area contributed by atoms with Gasteiger partial charge in [0.05, 0.1) is 6.61 Å². The zero-order valence-corrected chi connectivity index (χ0v) is 10.8. The van der Waals surface area contributed by atoms with Gasteiger partial charge in [-0.15, -0.1) is 0 Å². The molecule has 1 N–H and O–H groups in total. The summed E-state index contributed by atoms with van der Waals surface area (Å²) in [5.41, 5.74) is -0.142. The monoisotopic (exact) mass is 253 g/mol. The number of esters is 1. The van der Waals surface area contributed by atoms with Crippen LogP contribution in [0.25, 0.3) is 0 Å². The maximum Gasteiger partial charge on any atom is 0.305 e. The van der Waals surface area contributed by atoms with Crippen LogP contribution in [0.5, 0.6) is 0 Å². The topological polar surface area (TPSA) is 73.2 Å². The van der Waals surface area contributed by atoms with Crippen LogP contribution in [-0.4, -0.2) is 28.7 Å². The molecule has 1 aromatic heterocycles. The van der Waals surface area contributed by atoms with Crippen LogP contribution < -0.4 is 10.9 Å². The number of hydrogen-bond donors (Lipinski definition) is 1. The Balaban J connectivity index is 2.40. The fourth-order valence-electron chi connectivity index (χ4n) is 1.49. The van der Waals surface area contributed by atoms with E-state index in [4.69, 9.17) is 4.74 Å². The number of carbonyl (C=O) groups excluding carboxylic acids is 1. The number of aryl methyl sites for hydroxylation is 1. The molecule has 1 heterocycles. The first-order valence-electron chi connectivity index (χ1n) is 6.14. The molecule has 1 rings (SSSR count). The van der Waals surface area contributed by atoms with Crippen molar-refractivity contribution in [3.8, 4) is 0 Å². The van der Waals surface area contributed by atoms with Crippen molar-refractivity contribution in [2.24, 2.45) is 0 Å². The largest absolute Gasteiger partial charge is 0.466 e. The Hall–Kier alpha value is -1.85. The van der Waals surface area contributed by atoms with Gasteiger partial charge in [-0.05, 0) is 20.3 Å². The Bertz CT molecular complexity index is 442. The molecule has 100 valence electrons. The van der Waals surface area contributed by atoms with Crippen LogP contribution in [0.15, 0.2) is 17.2 Å². The summed E-state index contributed by atoms with van der Waals surface area (Å²) in [7, 11) is 0. The van der Waals surface area contributed by atoms with Gasteiger partial charge in [0.25, 0.3) is 5.56 Å². The average molecular weight is 253 g/mol. The second-order valence-electron chi connectivity index (χ2n) is 3.70. The van der Waals surface area contributed by atoms with Gasteiger partial charge in [0.2, 0.25) is 0 Å². The third kappa shape index (κ3) is 4.20. The molecule has 0 unspecified atom stereocenters. The van der Waals surface area contributed by atoms with Crippen molar-refractivity contribution in [1.82, 2.24) is 9.55 Å². The summed E-state index contributed by atoms with van der Waals surface area (Å²) >= 11 is 0. The van der Waals surface area contributed by atoms with Crippen LogP contribution in [0.3, 0.4) is 0 Å². The van der Waals surface area contributed by atoms with Crippen molar-refractivity contribution in [1.29, 1.82) is 0 Å². The number of ether oxygens (including phenoxy) is 1. The maximum atomic E-state index is 11.8. The first-order chi connectivity index (χ1) is 8.69. The van der Waals surface area contributed by atoms with Crippen molar-refractivity contribution in [3.05, 3.63) is 22.7 Å². The summed E-state index contributed by atoms with van der Waals surface area (Å²) in [6, 6.07) is 0. The molecule has 18 heavy (non-hydrogen) atoms. The summed E-state index contributed by atoms with van der Waals surface area (Å²) in [5.74, 6) is 0.106. The lowest BCUT2D eigenvalue weighted by molar-refractivity contribution is -0.143. The molecular weight excluding hydrogens is 234 g/mol. The van der Waals surface area contributed by atoms with E-state index in [1.54, 1.807) is 23.9 Å². The van der Waals surface area contributed by atoms with Crippen molar-refractivity contribution in [3.63, 3.8) is 0 Å². The Kier molecular flexibility index (Phi) is 5.90. The first-order valence-corrected chi connectivity index (χ1v) is 6.14. The van der Waals surface area contributed by atoms with Crippen molar-refractivity contribution < 1.29 is 9.53 Å². The van der Waals surface area contributed by atoms with Crippen molar-refractivity contribution in [2.45, 2.75) is 33.2 Å². The Morgan fingerprint density at radius 2 is 2.28 bits per heavy atom. The second kappa shape index (κ2) is 7.47. The van der Waals surface area contributed by atoms with E-state index in [-0.39, 0.29) is 11.5 Å². The van der Waals surface area contributed by atoms with E-state index in [1.165, 1.54) is 0 Å². The van der Waals surface area contributed by atoms with Crippen LogP contribution in [0, 0.1) is 0 Å². The number of anilines is 1. The molecule has 1 aromatic rings. The molecule has 0 amide bonds. The molecular formula is C12H19N3O3. The Morgan fingerprint density at radius 3 is 2.94 bits per heavy atom. The van der Waals surface area contributed by atoms with Crippen LogP contribution >= 0.6 is 0 Å². The molecule has 0 aliphatic rings. The number of rotatable bonds is 7. The molecule has 0 fully saturated rings. The summed E-state index contributed by atoms with van der Waals surface area (Å²) in [6.45, 7) is 5.20. The van der Waals surface area contributed by atoms with E-state index in [0.717, 1.165) is 0 Å². The summed E-state index contributed by atoms with van der Waals surface area (Å²) in [6.07, 6.45) is 4.18. The smallest absolute Gasteiger partial charge is 0.305 e. The number of aromatic nitrogens is 2. The summed E-state index contributed by atoms with van der Waals surface area (Å²) in [4.78, 5) is 26.8. The number of nitrogens with one attached hydrogen (secondary N) is 1.